The van der Waals surface area contributed by atoms with E-state index in [1.807, 2.05) is 12.1 Å². The van der Waals surface area contributed by atoms with Crippen LogP contribution in [0.1, 0.15) is 16.2 Å². The lowest BCUT2D eigenvalue weighted by Crippen LogP contribution is -2.26. The van der Waals surface area contributed by atoms with Gasteiger partial charge in [0.15, 0.2) is 5.76 Å². The molecule has 0 atom stereocenters. The SMILES string of the molecule is CN(Cc1cc(-c2cccnc2)no1)C(=O)c1cn2cccnc2n1. The summed E-state index contributed by atoms with van der Waals surface area (Å²) in [5, 5.41) is 4.02. The first-order valence-corrected chi connectivity index (χ1v) is 7.62. The average molecular weight is 334 g/mol. The van der Waals surface area contributed by atoms with E-state index in [9.17, 15) is 4.79 Å². The molecule has 0 aromatic carbocycles. The Balaban J connectivity index is 1.50. The topological polar surface area (TPSA) is 89.4 Å². The quantitative estimate of drug-likeness (QED) is 0.567. The summed E-state index contributed by atoms with van der Waals surface area (Å²) in [7, 11) is 1.69. The Labute approximate surface area is 142 Å². The van der Waals surface area contributed by atoms with E-state index in [0.717, 1.165) is 5.56 Å². The molecule has 25 heavy (non-hydrogen) atoms. The van der Waals surface area contributed by atoms with Crippen LogP contribution in [0.4, 0.5) is 0 Å². The molecule has 0 saturated carbocycles. The summed E-state index contributed by atoms with van der Waals surface area (Å²) in [6.07, 6.45) is 8.49. The number of carbonyl (C=O) groups is 1. The molecule has 0 aliphatic heterocycles. The Hall–Kier alpha value is -3.55. The molecule has 8 heteroatoms. The summed E-state index contributed by atoms with van der Waals surface area (Å²) in [4.78, 5) is 26.5. The van der Waals surface area contributed by atoms with Crippen LogP contribution in [0.25, 0.3) is 17.0 Å². The average Bonchev–Trinajstić information content (AvgIpc) is 3.28. The number of pyridine rings is 1. The normalized spacial score (nSPS) is 10.9. The first kappa shape index (κ1) is 15.0. The molecule has 124 valence electrons. The Kier molecular flexibility index (Phi) is 3.70. The van der Waals surface area contributed by atoms with Crippen LogP contribution in [0, 0.1) is 0 Å². The molecule has 4 aromatic heterocycles. The van der Waals surface area contributed by atoms with Crippen molar-refractivity contribution in [1.29, 1.82) is 0 Å². The van der Waals surface area contributed by atoms with Crippen LogP contribution in [0.15, 0.2) is 59.8 Å². The lowest BCUT2D eigenvalue weighted by molar-refractivity contribution is 0.0767. The Morgan fingerprint density at radius 1 is 1.32 bits per heavy atom. The largest absolute Gasteiger partial charge is 0.359 e. The number of nitrogens with zero attached hydrogens (tertiary/aromatic N) is 6. The summed E-state index contributed by atoms with van der Waals surface area (Å²) in [6, 6.07) is 7.30. The zero-order chi connectivity index (χ0) is 17.2. The first-order valence-electron chi connectivity index (χ1n) is 7.62. The van der Waals surface area contributed by atoms with Gasteiger partial charge in [-0.05, 0) is 18.2 Å². The zero-order valence-electron chi connectivity index (χ0n) is 13.4. The van der Waals surface area contributed by atoms with Crippen molar-refractivity contribution in [3.8, 4) is 11.3 Å². The number of hydrogen-bond acceptors (Lipinski definition) is 6. The van der Waals surface area contributed by atoms with Crippen molar-refractivity contribution in [3.05, 3.63) is 66.7 Å². The van der Waals surface area contributed by atoms with Crippen LogP contribution in [0.5, 0.6) is 0 Å². The molecular formula is C17H14N6O2. The summed E-state index contributed by atoms with van der Waals surface area (Å²) in [6.45, 7) is 0.285. The van der Waals surface area contributed by atoms with Gasteiger partial charge >= 0.3 is 0 Å². The van der Waals surface area contributed by atoms with Gasteiger partial charge in [-0.25, -0.2) is 9.97 Å². The van der Waals surface area contributed by atoms with Crippen molar-refractivity contribution in [2.75, 3.05) is 7.05 Å². The molecule has 0 unspecified atom stereocenters. The number of carbonyl (C=O) groups excluding carboxylic acids is 1. The summed E-state index contributed by atoms with van der Waals surface area (Å²) < 4.78 is 7.03. The Morgan fingerprint density at radius 2 is 2.24 bits per heavy atom. The molecule has 0 aliphatic rings. The third kappa shape index (κ3) is 2.97. The molecule has 0 saturated heterocycles. The highest BCUT2D eigenvalue weighted by atomic mass is 16.5. The van der Waals surface area contributed by atoms with Gasteiger partial charge < -0.3 is 9.42 Å². The molecular weight excluding hydrogens is 320 g/mol. The molecule has 4 aromatic rings. The molecule has 4 heterocycles. The van der Waals surface area contributed by atoms with Crippen LogP contribution >= 0.6 is 0 Å². The van der Waals surface area contributed by atoms with Crippen LogP contribution in [0.2, 0.25) is 0 Å². The number of hydrogen-bond donors (Lipinski definition) is 0. The van der Waals surface area contributed by atoms with Gasteiger partial charge in [-0.1, -0.05) is 5.16 Å². The lowest BCUT2D eigenvalue weighted by atomic mass is 10.2. The lowest BCUT2D eigenvalue weighted by Gasteiger charge is -2.13. The van der Waals surface area contributed by atoms with Gasteiger partial charge in [-0.15, -0.1) is 0 Å². The third-order valence-electron chi connectivity index (χ3n) is 3.71. The second kappa shape index (κ2) is 6.16. The van der Waals surface area contributed by atoms with E-state index in [0.29, 0.717) is 22.9 Å². The van der Waals surface area contributed by atoms with E-state index in [4.69, 9.17) is 4.52 Å². The minimum absolute atomic E-state index is 0.218. The monoisotopic (exact) mass is 334 g/mol. The smallest absolute Gasteiger partial charge is 0.274 e. The van der Waals surface area contributed by atoms with Gasteiger partial charge in [0, 0.05) is 49.7 Å². The molecule has 4 rings (SSSR count). The third-order valence-corrected chi connectivity index (χ3v) is 3.71. The standard InChI is InChI=1S/C17H14N6O2/c1-22(16(24)15-11-23-7-3-6-19-17(23)20-15)10-13-8-14(21-25-13)12-4-2-5-18-9-12/h2-9,11H,10H2,1H3. The molecule has 0 spiro atoms. The fourth-order valence-electron chi connectivity index (χ4n) is 2.47. The maximum Gasteiger partial charge on any atom is 0.274 e. The number of imidazole rings is 1. The summed E-state index contributed by atoms with van der Waals surface area (Å²) in [5.41, 5.74) is 1.87. The summed E-state index contributed by atoms with van der Waals surface area (Å²) >= 11 is 0. The maximum atomic E-state index is 12.5. The van der Waals surface area contributed by atoms with Crippen LogP contribution in [-0.4, -0.2) is 42.4 Å². The first-order chi connectivity index (χ1) is 12.2. The van der Waals surface area contributed by atoms with E-state index in [1.165, 1.54) is 4.90 Å². The Bertz CT molecular complexity index is 991. The van der Waals surface area contributed by atoms with Gasteiger partial charge in [0.25, 0.3) is 5.91 Å². The molecule has 0 N–H and O–H groups in total. The van der Waals surface area contributed by atoms with Gasteiger partial charge in [0.05, 0.1) is 6.54 Å². The fraction of sp³-hybridized carbons (Fsp3) is 0.118. The van der Waals surface area contributed by atoms with Crippen molar-refractivity contribution in [3.63, 3.8) is 0 Å². The van der Waals surface area contributed by atoms with Gasteiger partial charge in [0.1, 0.15) is 11.4 Å². The molecule has 0 bridgehead atoms. The second-order valence-corrected chi connectivity index (χ2v) is 5.53. The number of amides is 1. The number of fused-ring (bicyclic) bond motifs is 1. The second-order valence-electron chi connectivity index (χ2n) is 5.53. The van der Waals surface area contributed by atoms with Gasteiger partial charge in [0.2, 0.25) is 5.78 Å². The molecule has 0 fully saturated rings. The molecule has 0 radical (unpaired) electrons. The van der Waals surface area contributed by atoms with Crippen molar-refractivity contribution in [2.45, 2.75) is 6.54 Å². The fourth-order valence-corrected chi connectivity index (χ4v) is 2.47. The van der Waals surface area contributed by atoms with Crippen molar-refractivity contribution >= 4 is 11.7 Å². The number of rotatable bonds is 4. The van der Waals surface area contributed by atoms with E-state index in [2.05, 4.69) is 20.1 Å². The van der Waals surface area contributed by atoms with Crippen LogP contribution < -0.4 is 0 Å². The maximum absolute atomic E-state index is 12.5. The van der Waals surface area contributed by atoms with Crippen LogP contribution in [-0.2, 0) is 6.54 Å². The molecule has 0 aliphatic carbocycles. The van der Waals surface area contributed by atoms with Gasteiger partial charge in [-0.3, -0.25) is 14.2 Å². The highest BCUT2D eigenvalue weighted by Gasteiger charge is 2.18. The van der Waals surface area contributed by atoms with Crippen LogP contribution in [0.3, 0.4) is 0 Å². The van der Waals surface area contributed by atoms with Crippen molar-refractivity contribution in [2.24, 2.45) is 0 Å². The van der Waals surface area contributed by atoms with Crippen molar-refractivity contribution in [1.82, 2.24) is 29.4 Å². The minimum Gasteiger partial charge on any atom is -0.359 e. The zero-order valence-corrected chi connectivity index (χ0v) is 13.4. The van der Waals surface area contributed by atoms with E-state index in [-0.39, 0.29) is 12.5 Å². The molecule has 1 amide bonds. The number of aromatic nitrogens is 5. The van der Waals surface area contributed by atoms with Gasteiger partial charge in [-0.2, -0.15) is 0 Å². The Morgan fingerprint density at radius 3 is 3.04 bits per heavy atom. The van der Waals surface area contributed by atoms with E-state index >= 15 is 0 Å². The predicted molar refractivity (Wildman–Crippen MR) is 88.5 cm³/mol. The predicted octanol–water partition coefficient (Wildman–Crippen LogP) is 2.05. The summed E-state index contributed by atoms with van der Waals surface area (Å²) in [5.74, 6) is 0.846. The highest BCUT2D eigenvalue weighted by molar-refractivity contribution is 5.92. The minimum atomic E-state index is -0.218. The van der Waals surface area contributed by atoms with Crippen molar-refractivity contribution < 1.29 is 9.32 Å². The molecule has 8 nitrogen and oxygen atoms in total. The van der Waals surface area contributed by atoms with E-state index in [1.54, 1.807) is 54.6 Å². The highest BCUT2D eigenvalue weighted by Crippen LogP contribution is 2.18. The van der Waals surface area contributed by atoms with E-state index < -0.39 is 0 Å².